The lowest BCUT2D eigenvalue weighted by Crippen LogP contribution is -2.31. The van der Waals surface area contributed by atoms with Crippen molar-refractivity contribution in [1.29, 1.82) is 0 Å². The minimum absolute atomic E-state index is 0. The Morgan fingerprint density at radius 1 is 0.870 bits per heavy atom. The highest BCUT2D eigenvalue weighted by atomic mass is 35.5. The zero-order valence-corrected chi connectivity index (χ0v) is 34.2. The predicted octanol–water partition coefficient (Wildman–Crippen LogP) is 10.4. The van der Waals surface area contributed by atoms with Crippen LogP contribution in [0.15, 0.2) is 125 Å². The molecule has 0 aliphatic carbocycles. The van der Waals surface area contributed by atoms with Gasteiger partial charge in [0.2, 0.25) is 0 Å². The fraction of sp³-hybridized carbons (Fsp3) is 0.302. The predicted molar refractivity (Wildman–Crippen MR) is 224 cm³/mol. The van der Waals surface area contributed by atoms with Crippen molar-refractivity contribution in [3.63, 3.8) is 0 Å². The topological polar surface area (TPSA) is 90.3 Å². The molecule has 6 rings (SSSR count). The SMILES string of the molecule is CN(C)CCC=C1c2ccccc2Sc2ccc(Cl)cc21.CN1CCCC1CCOC(C)(c1ccccc1)c1ccc(Cl)cc1.Cl.O=C(O)C=CC(=O)O. The Labute approximate surface area is 340 Å². The quantitative estimate of drug-likeness (QED) is 0.128. The number of nitrogens with zero attached hydrogens (tertiary/aromatic N) is 2. The van der Waals surface area contributed by atoms with Crippen molar-refractivity contribution in [2.75, 3.05) is 40.8 Å². The zero-order valence-electron chi connectivity index (χ0n) is 31.1. The normalized spacial score (nSPS) is 16.6. The Bertz CT molecular complexity index is 1850. The van der Waals surface area contributed by atoms with Crippen LogP contribution in [-0.2, 0) is 19.9 Å². The molecule has 0 bridgehead atoms. The van der Waals surface area contributed by atoms with Crippen LogP contribution in [0.2, 0.25) is 10.0 Å². The average molecular weight is 812 g/mol. The summed E-state index contributed by atoms with van der Waals surface area (Å²) in [5.74, 6) is -2.51. The third-order valence-electron chi connectivity index (χ3n) is 9.16. The Kier molecular flexibility index (Phi) is 18.3. The molecule has 11 heteroatoms. The summed E-state index contributed by atoms with van der Waals surface area (Å²) >= 11 is 14.1. The molecule has 1 fully saturated rings. The van der Waals surface area contributed by atoms with Crippen LogP contribution in [0.25, 0.3) is 5.57 Å². The van der Waals surface area contributed by atoms with E-state index < -0.39 is 17.5 Å². The molecule has 2 unspecified atom stereocenters. The minimum Gasteiger partial charge on any atom is -0.478 e. The van der Waals surface area contributed by atoms with Gasteiger partial charge in [-0.3, -0.25) is 0 Å². The summed E-state index contributed by atoms with van der Waals surface area (Å²) in [5.41, 5.74) is 5.73. The van der Waals surface area contributed by atoms with Crippen LogP contribution in [0.3, 0.4) is 0 Å². The van der Waals surface area contributed by atoms with E-state index >= 15 is 0 Å². The number of carboxylic acids is 2. The van der Waals surface area contributed by atoms with Gasteiger partial charge in [0.15, 0.2) is 0 Å². The van der Waals surface area contributed by atoms with Gasteiger partial charge in [0.05, 0.1) is 0 Å². The molecule has 2 atom stereocenters. The van der Waals surface area contributed by atoms with Gasteiger partial charge in [-0.1, -0.05) is 102 Å². The van der Waals surface area contributed by atoms with Gasteiger partial charge in [0.1, 0.15) is 5.60 Å². The lowest BCUT2D eigenvalue weighted by Gasteiger charge is -2.32. The second-order valence-electron chi connectivity index (χ2n) is 13.3. The van der Waals surface area contributed by atoms with E-state index in [1.807, 2.05) is 36.0 Å². The number of likely N-dealkylation sites (tertiary alicyclic amines) is 1. The number of carboxylic acid groups (broad SMARTS) is 2. The number of ether oxygens (including phenoxy) is 1. The molecule has 54 heavy (non-hydrogen) atoms. The van der Waals surface area contributed by atoms with Crippen molar-refractivity contribution in [2.24, 2.45) is 0 Å². The van der Waals surface area contributed by atoms with E-state index in [2.05, 4.69) is 117 Å². The number of rotatable bonds is 11. The smallest absolute Gasteiger partial charge is 0.328 e. The standard InChI is InChI=1S/C21H26ClNO.C18H18ClNS.C4H4O4.ClH/c1-21(17-7-4-3-5-8-17,18-10-12-19(22)13-11-18)24-16-14-20-9-6-15-23(20)2;1-20(2)11-5-7-14-15-6-3-4-8-17(15)21-18-10-9-13(19)12-16(14)18;5-3(6)1-2-4(7)8;/h3-5,7-8,10-13,20H,6,9,14-16H2,1-2H3;3-4,6-10,12H,5,11H2,1-2H3;1-2H,(H,5,6)(H,7,8);1H. The van der Waals surface area contributed by atoms with Gasteiger partial charge in [-0.2, -0.15) is 0 Å². The first-order chi connectivity index (χ1) is 25.4. The van der Waals surface area contributed by atoms with Crippen LogP contribution in [0, 0.1) is 0 Å². The summed E-state index contributed by atoms with van der Waals surface area (Å²) in [6.45, 7) is 5.17. The second-order valence-corrected chi connectivity index (χ2v) is 15.2. The fourth-order valence-electron chi connectivity index (χ4n) is 6.27. The molecule has 0 saturated carbocycles. The number of hydrogen-bond donors (Lipinski definition) is 2. The van der Waals surface area contributed by atoms with E-state index in [9.17, 15) is 9.59 Å². The number of carbonyl (C=O) groups is 2. The maximum Gasteiger partial charge on any atom is 0.328 e. The van der Waals surface area contributed by atoms with Crippen LogP contribution in [0.5, 0.6) is 0 Å². The third kappa shape index (κ3) is 13.3. The second kappa shape index (κ2) is 22.1. The summed E-state index contributed by atoms with van der Waals surface area (Å²) in [6.07, 6.45) is 8.15. The molecule has 0 aromatic heterocycles. The molecule has 2 N–H and O–H groups in total. The zero-order chi connectivity index (χ0) is 38.4. The van der Waals surface area contributed by atoms with E-state index in [-0.39, 0.29) is 12.4 Å². The molecule has 4 aromatic carbocycles. The van der Waals surface area contributed by atoms with Crippen LogP contribution in [0.4, 0.5) is 0 Å². The third-order valence-corrected chi connectivity index (χ3v) is 10.8. The highest BCUT2D eigenvalue weighted by Crippen LogP contribution is 2.46. The van der Waals surface area contributed by atoms with Gasteiger partial charge in [-0.05, 0) is 125 Å². The summed E-state index contributed by atoms with van der Waals surface area (Å²) in [6, 6.07) is 33.9. The molecule has 4 aromatic rings. The van der Waals surface area contributed by atoms with Crippen molar-refractivity contribution < 1.29 is 24.5 Å². The van der Waals surface area contributed by atoms with Crippen LogP contribution < -0.4 is 0 Å². The van der Waals surface area contributed by atoms with Gasteiger partial charge in [-0.15, -0.1) is 12.4 Å². The number of halogens is 3. The van der Waals surface area contributed by atoms with Crippen LogP contribution in [-0.4, -0.2) is 78.8 Å². The first-order valence-electron chi connectivity index (χ1n) is 17.6. The highest BCUT2D eigenvalue weighted by Gasteiger charge is 2.31. The van der Waals surface area contributed by atoms with E-state index in [1.54, 1.807) is 0 Å². The first kappa shape index (κ1) is 44.8. The van der Waals surface area contributed by atoms with Crippen molar-refractivity contribution in [3.05, 3.63) is 148 Å². The maximum atomic E-state index is 9.55. The summed E-state index contributed by atoms with van der Waals surface area (Å²) < 4.78 is 6.48. The Morgan fingerprint density at radius 3 is 2.07 bits per heavy atom. The first-order valence-corrected chi connectivity index (χ1v) is 19.2. The molecule has 0 radical (unpaired) electrons. The molecule has 2 aliphatic rings. The van der Waals surface area contributed by atoms with Gasteiger partial charge < -0.3 is 24.7 Å². The van der Waals surface area contributed by atoms with Crippen molar-refractivity contribution in [3.8, 4) is 0 Å². The van der Waals surface area contributed by atoms with Gasteiger partial charge in [0.25, 0.3) is 0 Å². The fourth-order valence-corrected chi connectivity index (χ4v) is 7.66. The maximum absolute atomic E-state index is 9.55. The number of hydrogen-bond acceptors (Lipinski definition) is 6. The lowest BCUT2D eigenvalue weighted by molar-refractivity contribution is -0.134. The minimum atomic E-state index is -1.26. The monoisotopic (exact) mass is 810 g/mol. The van der Waals surface area contributed by atoms with E-state index in [0.29, 0.717) is 18.2 Å². The van der Waals surface area contributed by atoms with Gasteiger partial charge >= 0.3 is 11.9 Å². The lowest BCUT2D eigenvalue weighted by atomic mass is 9.88. The van der Waals surface area contributed by atoms with Gasteiger partial charge in [-0.25, -0.2) is 9.59 Å². The molecular formula is C43H49Cl3N2O5S. The molecule has 0 amide bonds. The number of fused-ring (bicyclic) bond motifs is 2. The average Bonchev–Trinajstić information content (AvgIpc) is 3.55. The summed E-state index contributed by atoms with van der Waals surface area (Å²) in [4.78, 5) is 26.4. The Morgan fingerprint density at radius 2 is 1.46 bits per heavy atom. The molecular weight excluding hydrogens is 763 g/mol. The number of benzene rings is 4. The Balaban J connectivity index is 0.000000240. The van der Waals surface area contributed by atoms with Gasteiger partial charge in [0, 0.05) is 51.2 Å². The van der Waals surface area contributed by atoms with Crippen molar-refractivity contribution in [1.82, 2.24) is 9.80 Å². The summed E-state index contributed by atoms with van der Waals surface area (Å²) in [7, 11) is 6.43. The van der Waals surface area contributed by atoms with Crippen LogP contribution in [0.1, 0.15) is 54.9 Å². The molecule has 2 aliphatic heterocycles. The van der Waals surface area contributed by atoms with Crippen molar-refractivity contribution >= 4 is 64.9 Å². The number of aliphatic carboxylic acids is 2. The molecule has 1 saturated heterocycles. The molecule has 288 valence electrons. The summed E-state index contributed by atoms with van der Waals surface area (Å²) in [5, 5.41) is 17.2. The largest absolute Gasteiger partial charge is 0.478 e. The highest BCUT2D eigenvalue weighted by molar-refractivity contribution is 7.99. The van der Waals surface area contributed by atoms with E-state index in [1.165, 1.54) is 51.4 Å². The van der Waals surface area contributed by atoms with Crippen molar-refractivity contribution in [2.45, 2.75) is 54.0 Å². The molecule has 2 heterocycles. The van der Waals surface area contributed by atoms with Crippen LogP contribution >= 0.6 is 47.4 Å². The Hall–Kier alpha value is -3.60. The molecule has 7 nitrogen and oxygen atoms in total. The van der Waals surface area contributed by atoms with E-state index in [4.69, 9.17) is 38.2 Å². The molecule has 0 spiro atoms. The van der Waals surface area contributed by atoms with E-state index in [0.717, 1.165) is 41.6 Å².